The normalized spacial score (nSPS) is 9.83. The maximum absolute atomic E-state index is 12.0. The van der Waals surface area contributed by atoms with Crippen LogP contribution in [-0.4, -0.2) is 19.6 Å². The van der Waals surface area contributed by atoms with Crippen LogP contribution in [0.3, 0.4) is 0 Å². The predicted molar refractivity (Wildman–Crippen MR) is 87.7 cm³/mol. The molecule has 23 heavy (non-hydrogen) atoms. The van der Waals surface area contributed by atoms with E-state index in [2.05, 4.69) is 5.32 Å². The number of hydrogen-bond acceptors (Lipinski definition) is 4. The zero-order valence-electron chi connectivity index (χ0n) is 13.3. The van der Waals surface area contributed by atoms with Gasteiger partial charge >= 0.3 is 0 Å². The summed E-state index contributed by atoms with van der Waals surface area (Å²) in [5.41, 5.74) is 3.36. The number of benzene rings is 2. The summed E-state index contributed by atoms with van der Waals surface area (Å²) in [5.74, 6) is 0.578. The molecule has 118 valence electrons. The molecule has 0 spiro atoms. The minimum Gasteiger partial charge on any atom is -0.493 e. The van der Waals surface area contributed by atoms with E-state index in [1.165, 1.54) is 7.11 Å². The molecule has 0 unspecified atom stereocenters. The third-order valence-electron chi connectivity index (χ3n) is 3.31. The summed E-state index contributed by atoms with van der Waals surface area (Å²) in [5, 5.41) is 11.7. The highest BCUT2D eigenvalue weighted by molar-refractivity contribution is 5.92. The third kappa shape index (κ3) is 4.24. The zero-order chi connectivity index (χ0) is 16.8. The number of amides is 1. The number of aryl methyl sites for hydroxylation is 2. The molecule has 2 aromatic rings. The van der Waals surface area contributed by atoms with Gasteiger partial charge in [-0.2, -0.15) is 5.26 Å². The molecule has 5 heteroatoms. The summed E-state index contributed by atoms with van der Waals surface area (Å²) in [7, 11) is 1.49. The Labute approximate surface area is 135 Å². The van der Waals surface area contributed by atoms with Crippen LogP contribution in [0.1, 0.15) is 16.7 Å². The van der Waals surface area contributed by atoms with Gasteiger partial charge in [0, 0.05) is 11.8 Å². The topological polar surface area (TPSA) is 71.3 Å². The van der Waals surface area contributed by atoms with Gasteiger partial charge in [0.25, 0.3) is 5.91 Å². The number of nitrogens with zero attached hydrogens (tertiary/aromatic N) is 1. The summed E-state index contributed by atoms with van der Waals surface area (Å²) >= 11 is 0. The lowest BCUT2D eigenvalue weighted by Crippen LogP contribution is -2.20. The van der Waals surface area contributed by atoms with Crippen LogP contribution >= 0.6 is 0 Å². The van der Waals surface area contributed by atoms with Gasteiger partial charge in [0.2, 0.25) is 0 Å². The van der Waals surface area contributed by atoms with Gasteiger partial charge in [0.15, 0.2) is 18.1 Å². The Morgan fingerprint density at radius 1 is 1.17 bits per heavy atom. The van der Waals surface area contributed by atoms with Crippen LogP contribution in [0, 0.1) is 25.2 Å². The largest absolute Gasteiger partial charge is 0.493 e. The molecule has 0 heterocycles. The van der Waals surface area contributed by atoms with E-state index < -0.39 is 0 Å². The fourth-order valence-corrected chi connectivity index (χ4v) is 2.14. The Morgan fingerprint density at radius 3 is 2.61 bits per heavy atom. The van der Waals surface area contributed by atoms with E-state index in [0.717, 1.165) is 16.8 Å². The van der Waals surface area contributed by atoms with Crippen molar-refractivity contribution in [1.29, 1.82) is 5.26 Å². The minimum atomic E-state index is -0.261. The first-order valence-corrected chi connectivity index (χ1v) is 7.11. The van der Waals surface area contributed by atoms with Crippen molar-refractivity contribution in [2.45, 2.75) is 13.8 Å². The van der Waals surface area contributed by atoms with Crippen LogP contribution in [0.5, 0.6) is 11.5 Å². The maximum Gasteiger partial charge on any atom is 0.262 e. The second-order valence-electron chi connectivity index (χ2n) is 5.13. The molecule has 1 N–H and O–H groups in total. The SMILES string of the molecule is COc1cc(C#N)ccc1OCC(=O)Nc1ccc(C)cc1C. The second-order valence-corrected chi connectivity index (χ2v) is 5.13. The number of rotatable bonds is 5. The number of carbonyl (C=O) groups is 1. The summed E-state index contributed by atoms with van der Waals surface area (Å²) in [4.78, 5) is 12.0. The van der Waals surface area contributed by atoms with E-state index in [-0.39, 0.29) is 12.5 Å². The monoisotopic (exact) mass is 310 g/mol. The van der Waals surface area contributed by atoms with Crippen LogP contribution in [0.2, 0.25) is 0 Å². The minimum absolute atomic E-state index is 0.143. The molecule has 0 radical (unpaired) electrons. The molecule has 2 aromatic carbocycles. The standard InChI is InChI=1S/C18H18N2O3/c1-12-4-6-15(13(2)8-12)20-18(21)11-23-16-7-5-14(10-19)9-17(16)22-3/h4-9H,11H2,1-3H3,(H,20,21). The van der Waals surface area contributed by atoms with Crippen molar-refractivity contribution >= 4 is 11.6 Å². The quantitative estimate of drug-likeness (QED) is 0.920. The Morgan fingerprint density at radius 2 is 1.96 bits per heavy atom. The van der Waals surface area contributed by atoms with Gasteiger partial charge in [-0.05, 0) is 37.6 Å². The first-order valence-electron chi connectivity index (χ1n) is 7.11. The van der Waals surface area contributed by atoms with Crippen molar-refractivity contribution in [1.82, 2.24) is 0 Å². The van der Waals surface area contributed by atoms with E-state index in [1.54, 1.807) is 18.2 Å². The van der Waals surface area contributed by atoms with E-state index in [0.29, 0.717) is 17.1 Å². The molecule has 2 rings (SSSR count). The molecule has 0 bridgehead atoms. The first kappa shape index (κ1) is 16.4. The Hall–Kier alpha value is -3.00. The Balaban J connectivity index is 2.00. The Bertz CT molecular complexity index is 763. The van der Waals surface area contributed by atoms with Gasteiger partial charge in [-0.25, -0.2) is 0 Å². The number of anilines is 1. The van der Waals surface area contributed by atoms with Crippen LogP contribution in [0.15, 0.2) is 36.4 Å². The van der Waals surface area contributed by atoms with Crippen molar-refractivity contribution in [2.75, 3.05) is 19.0 Å². The molecule has 0 saturated heterocycles. The molecule has 0 aliphatic rings. The summed E-state index contributed by atoms with van der Waals surface area (Å²) in [6.45, 7) is 3.79. The highest BCUT2D eigenvalue weighted by atomic mass is 16.5. The molecule has 0 fully saturated rings. The number of carbonyl (C=O) groups excluding carboxylic acids is 1. The van der Waals surface area contributed by atoms with Crippen molar-refractivity contribution in [3.8, 4) is 17.6 Å². The molecule has 1 amide bonds. The summed E-state index contributed by atoms with van der Waals surface area (Å²) in [6, 6.07) is 12.6. The smallest absolute Gasteiger partial charge is 0.262 e. The predicted octanol–water partition coefficient (Wildman–Crippen LogP) is 3.20. The maximum atomic E-state index is 12.0. The molecule has 0 aromatic heterocycles. The first-order chi connectivity index (χ1) is 11.0. The highest BCUT2D eigenvalue weighted by Crippen LogP contribution is 2.27. The second kappa shape index (κ2) is 7.32. The summed E-state index contributed by atoms with van der Waals surface area (Å²) in [6.07, 6.45) is 0. The zero-order valence-corrected chi connectivity index (χ0v) is 13.3. The lowest BCUT2D eigenvalue weighted by molar-refractivity contribution is -0.118. The van der Waals surface area contributed by atoms with Crippen LogP contribution in [-0.2, 0) is 4.79 Å². The number of methoxy groups -OCH3 is 1. The van der Waals surface area contributed by atoms with Gasteiger partial charge in [0.1, 0.15) is 0 Å². The lowest BCUT2D eigenvalue weighted by atomic mass is 10.1. The molecule has 0 saturated carbocycles. The molecular formula is C18H18N2O3. The average molecular weight is 310 g/mol. The molecule has 0 atom stereocenters. The lowest BCUT2D eigenvalue weighted by Gasteiger charge is -2.12. The molecule has 5 nitrogen and oxygen atoms in total. The number of ether oxygens (including phenoxy) is 2. The highest BCUT2D eigenvalue weighted by Gasteiger charge is 2.10. The van der Waals surface area contributed by atoms with Crippen LogP contribution < -0.4 is 14.8 Å². The number of hydrogen-bond donors (Lipinski definition) is 1. The van der Waals surface area contributed by atoms with Crippen molar-refractivity contribution in [3.05, 3.63) is 53.1 Å². The Kier molecular flexibility index (Phi) is 5.21. The number of nitriles is 1. The van der Waals surface area contributed by atoms with E-state index in [4.69, 9.17) is 14.7 Å². The van der Waals surface area contributed by atoms with Gasteiger partial charge in [-0.1, -0.05) is 17.7 Å². The van der Waals surface area contributed by atoms with E-state index >= 15 is 0 Å². The van der Waals surface area contributed by atoms with Crippen molar-refractivity contribution < 1.29 is 14.3 Å². The van der Waals surface area contributed by atoms with E-state index in [9.17, 15) is 4.79 Å². The average Bonchev–Trinajstić information content (AvgIpc) is 2.55. The fourth-order valence-electron chi connectivity index (χ4n) is 2.14. The fraction of sp³-hybridized carbons (Fsp3) is 0.222. The van der Waals surface area contributed by atoms with Gasteiger partial charge in [0.05, 0.1) is 18.7 Å². The number of nitrogens with one attached hydrogen (secondary N) is 1. The molecule has 0 aliphatic heterocycles. The molecular weight excluding hydrogens is 292 g/mol. The van der Waals surface area contributed by atoms with Crippen molar-refractivity contribution in [2.24, 2.45) is 0 Å². The van der Waals surface area contributed by atoms with Gasteiger partial charge in [-0.15, -0.1) is 0 Å². The van der Waals surface area contributed by atoms with Gasteiger partial charge < -0.3 is 14.8 Å². The van der Waals surface area contributed by atoms with Crippen LogP contribution in [0.4, 0.5) is 5.69 Å². The third-order valence-corrected chi connectivity index (χ3v) is 3.31. The molecule has 0 aliphatic carbocycles. The van der Waals surface area contributed by atoms with Crippen molar-refractivity contribution in [3.63, 3.8) is 0 Å². The van der Waals surface area contributed by atoms with Crippen LogP contribution in [0.25, 0.3) is 0 Å². The van der Waals surface area contributed by atoms with E-state index in [1.807, 2.05) is 38.1 Å². The van der Waals surface area contributed by atoms with Gasteiger partial charge in [-0.3, -0.25) is 4.79 Å². The summed E-state index contributed by atoms with van der Waals surface area (Å²) < 4.78 is 10.6.